The minimum absolute atomic E-state index is 0.170. The Hall–Kier alpha value is -3.02. The van der Waals surface area contributed by atoms with Gasteiger partial charge in [0, 0.05) is 38.2 Å². The fraction of sp³-hybridized carbons (Fsp3) is 0.333. The molecular weight excluding hydrogens is 338 g/mol. The van der Waals surface area contributed by atoms with Gasteiger partial charge in [-0.25, -0.2) is 9.97 Å². The number of amides is 1. The summed E-state index contributed by atoms with van der Waals surface area (Å²) < 4.78 is 1.79. The Morgan fingerprint density at radius 3 is 2.67 bits per heavy atom. The van der Waals surface area contributed by atoms with Crippen LogP contribution < -0.4 is 0 Å². The maximum atomic E-state index is 12.2. The van der Waals surface area contributed by atoms with Gasteiger partial charge in [0.1, 0.15) is 11.5 Å². The van der Waals surface area contributed by atoms with Crippen molar-refractivity contribution in [1.29, 1.82) is 0 Å². The average molecular weight is 361 g/mol. The average Bonchev–Trinajstić information content (AvgIpc) is 3.13. The summed E-state index contributed by atoms with van der Waals surface area (Å²) in [6.07, 6.45) is 3.87. The number of aromatic nitrogens is 4. The van der Waals surface area contributed by atoms with Crippen molar-refractivity contribution in [3.63, 3.8) is 0 Å². The summed E-state index contributed by atoms with van der Waals surface area (Å²) in [6, 6.07) is 12.2. The molecule has 138 valence electrons. The minimum Gasteiger partial charge on any atom is -0.336 e. The normalized spacial score (nSPS) is 13.5. The maximum Gasteiger partial charge on any atom is 0.222 e. The van der Waals surface area contributed by atoms with E-state index in [0.717, 1.165) is 34.9 Å². The van der Waals surface area contributed by atoms with Crippen molar-refractivity contribution < 1.29 is 4.79 Å². The molecule has 0 fully saturated rings. The van der Waals surface area contributed by atoms with Gasteiger partial charge in [0.25, 0.3) is 0 Å². The van der Waals surface area contributed by atoms with Crippen LogP contribution in [-0.2, 0) is 31.2 Å². The van der Waals surface area contributed by atoms with E-state index in [1.807, 2.05) is 49.3 Å². The van der Waals surface area contributed by atoms with Crippen LogP contribution in [0.2, 0.25) is 0 Å². The van der Waals surface area contributed by atoms with Crippen LogP contribution in [0.25, 0.3) is 11.4 Å². The van der Waals surface area contributed by atoms with Gasteiger partial charge in [-0.15, -0.1) is 0 Å². The van der Waals surface area contributed by atoms with Gasteiger partial charge >= 0.3 is 0 Å². The molecule has 0 atom stereocenters. The smallest absolute Gasteiger partial charge is 0.222 e. The topological polar surface area (TPSA) is 63.9 Å². The van der Waals surface area contributed by atoms with Crippen LogP contribution in [0.15, 0.2) is 42.6 Å². The number of rotatable bonds is 4. The minimum atomic E-state index is 0.170. The second kappa shape index (κ2) is 7.31. The van der Waals surface area contributed by atoms with Gasteiger partial charge in [0.15, 0.2) is 0 Å². The van der Waals surface area contributed by atoms with E-state index in [9.17, 15) is 4.79 Å². The van der Waals surface area contributed by atoms with Crippen LogP contribution in [0.1, 0.15) is 36.0 Å². The number of hydrogen-bond donors (Lipinski definition) is 0. The third kappa shape index (κ3) is 3.60. The van der Waals surface area contributed by atoms with Gasteiger partial charge < -0.3 is 4.90 Å². The van der Waals surface area contributed by atoms with Crippen LogP contribution >= 0.6 is 0 Å². The molecule has 0 aliphatic carbocycles. The fourth-order valence-electron chi connectivity index (χ4n) is 3.53. The molecule has 6 heteroatoms. The molecule has 0 unspecified atom stereocenters. The van der Waals surface area contributed by atoms with E-state index in [-0.39, 0.29) is 5.91 Å². The molecule has 3 heterocycles. The fourth-order valence-corrected chi connectivity index (χ4v) is 3.53. The Morgan fingerprint density at radius 1 is 1.15 bits per heavy atom. The Kier molecular flexibility index (Phi) is 4.71. The molecule has 0 N–H and O–H groups in total. The highest BCUT2D eigenvalue weighted by Gasteiger charge is 2.25. The summed E-state index contributed by atoms with van der Waals surface area (Å²) in [4.78, 5) is 23.8. The number of benzene rings is 1. The van der Waals surface area contributed by atoms with Crippen molar-refractivity contribution in [1.82, 2.24) is 24.6 Å². The molecular formula is C21H23N5O. The van der Waals surface area contributed by atoms with Crippen LogP contribution in [-0.4, -0.2) is 37.1 Å². The van der Waals surface area contributed by atoms with Gasteiger partial charge in [0.2, 0.25) is 5.91 Å². The highest BCUT2D eigenvalue weighted by atomic mass is 16.2. The van der Waals surface area contributed by atoms with Gasteiger partial charge in [-0.05, 0) is 18.1 Å². The summed E-state index contributed by atoms with van der Waals surface area (Å²) >= 11 is 0. The first-order valence-electron chi connectivity index (χ1n) is 9.34. The Morgan fingerprint density at radius 2 is 1.96 bits per heavy atom. The predicted octanol–water partition coefficient (Wildman–Crippen LogP) is 2.76. The molecule has 2 aromatic heterocycles. The highest BCUT2D eigenvalue weighted by Crippen LogP contribution is 2.28. The molecule has 0 saturated carbocycles. The molecule has 1 aliphatic rings. The Bertz CT molecular complexity index is 964. The first-order chi connectivity index (χ1) is 13.1. The highest BCUT2D eigenvalue weighted by molar-refractivity contribution is 5.76. The second-order valence-electron chi connectivity index (χ2n) is 6.87. The lowest BCUT2D eigenvalue weighted by Crippen LogP contribution is -2.36. The molecule has 1 aromatic carbocycles. The van der Waals surface area contributed by atoms with Crippen molar-refractivity contribution in [2.45, 2.75) is 32.7 Å². The lowest BCUT2D eigenvalue weighted by molar-refractivity contribution is -0.131. The standard InChI is InChI=1S/C21H23N5O/c1-3-20(27)26-12-9-16-18(14-26)22-19(13-15-7-5-4-6-8-15)23-21(16)17-10-11-25(2)24-17/h4-8,10-11H,3,9,12-14H2,1-2H3. The van der Waals surface area contributed by atoms with E-state index in [4.69, 9.17) is 9.97 Å². The SMILES string of the molecule is CCC(=O)N1CCc2c(nc(Cc3ccccc3)nc2-c2ccn(C)n2)C1. The van der Waals surface area contributed by atoms with E-state index in [2.05, 4.69) is 17.2 Å². The lowest BCUT2D eigenvalue weighted by Gasteiger charge is -2.29. The molecule has 4 rings (SSSR count). The third-order valence-electron chi connectivity index (χ3n) is 4.93. The zero-order valence-corrected chi connectivity index (χ0v) is 15.7. The first kappa shape index (κ1) is 17.4. The molecule has 6 nitrogen and oxygen atoms in total. The zero-order valence-electron chi connectivity index (χ0n) is 15.7. The van der Waals surface area contributed by atoms with E-state index < -0.39 is 0 Å². The number of carbonyl (C=O) groups is 1. The first-order valence-corrected chi connectivity index (χ1v) is 9.34. The quantitative estimate of drug-likeness (QED) is 0.717. The summed E-state index contributed by atoms with van der Waals surface area (Å²) in [5.74, 6) is 0.939. The second-order valence-corrected chi connectivity index (χ2v) is 6.87. The number of aryl methyl sites for hydroxylation is 1. The summed E-state index contributed by atoms with van der Waals surface area (Å²) in [7, 11) is 1.91. The van der Waals surface area contributed by atoms with Crippen LogP contribution in [0.4, 0.5) is 0 Å². The number of nitrogens with zero attached hydrogens (tertiary/aromatic N) is 5. The molecule has 1 aliphatic heterocycles. The molecule has 3 aromatic rings. The van der Waals surface area contributed by atoms with Crippen LogP contribution in [0.3, 0.4) is 0 Å². The molecule has 1 amide bonds. The molecule has 0 bridgehead atoms. The summed E-state index contributed by atoms with van der Waals surface area (Å²) in [5.41, 5.74) is 4.99. The molecule has 0 radical (unpaired) electrons. The predicted molar refractivity (Wildman–Crippen MR) is 103 cm³/mol. The number of hydrogen-bond acceptors (Lipinski definition) is 4. The van der Waals surface area contributed by atoms with Crippen molar-refractivity contribution in [3.05, 3.63) is 65.2 Å². The van der Waals surface area contributed by atoms with E-state index in [0.29, 0.717) is 25.9 Å². The van der Waals surface area contributed by atoms with E-state index in [1.165, 1.54) is 5.56 Å². The molecule has 0 saturated heterocycles. The summed E-state index contributed by atoms with van der Waals surface area (Å²) in [6.45, 7) is 3.16. The summed E-state index contributed by atoms with van der Waals surface area (Å²) in [5, 5.41) is 4.55. The third-order valence-corrected chi connectivity index (χ3v) is 4.93. The van der Waals surface area contributed by atoms with Crippen molar-refractivity contribution >= 4 is 5.91 Å². The molecule has 27 heavy (non-hydrogen) atoms. The van der Waals surface area contributed by atoms with E-state index in [1.54, 1.807) is 4.68 Å². The molecule has 0 spiro atoms. The van der Waals surface area contributed by atoms with E-state index >= 15 is 0 Å². The van der Waals surface area contributed by atoms with Gasteiger partial charge in [-0.1, -0.05) is 37.3 Å². The van der Waals surface area contributed by atoms with Crippen molar-refractivity contribution in [3.8, 4) is 11.4 Å². The monoisotopic (exact) mass is 361 g/mol. The number of fused-ring (bicyclic) bond motifs is 1. The Labute approximate surface area is 158 Å². The van der Waals surface area contributed by atoms with Gasteiger partial charge in [0.05, 0.1) is 17.9 Å². The van der Waals surface area contributed by atoms with Crippen LogP contribution in [0, 0.1) is 0 Å². The maximum absolute atomic E-state index is 12.2. The number of carbonyl (C=O) groups excluding carboxylic acids is 1. The van der Waals surface area contributed by atoms with Crippen molar-refractivity contribution in [2.75, 3.05) is 6.54 Å². The zero-order chi connectivity index (χ0) is 18.8. The largest absolute Gasteiger partial charge is 0.336 e. The van der Waals surface area contributed by atoms with Gasteiger partial charge in [-0.2, -0.15) is 5.10 Å². The Balaban J connectivity index is 1.76. The van der Waals surface area contributed by atoms with Crippen LogP contribution in [0.5, 0.6) is 0 Å². The van der Waals surface area contributed by atoms with Gasteiger partial charge in [-0.3, -0.25) is 9.48 Å². The van der Waals surface area contributed by atoms with Crippen molar-refractivity contribution in [2.24, 2.45) is 7.05 Å². The lowest BCUT2D eigenvalue weighted by atomic mass is 10.00.